The number of para-hydroxylation sites is 5. The van der Waals surface area contributed by atoms with Crippen molar-refractivity contribution < 1.29 is 0 Å². The zero-order valence-corrected chi connectivity index (χ0v) is 27.6. The molecule has 0 radical (unpaired) electrons. The van der Waals surface area contributed by atoms with Crippen molar-refractivity contribution >= 4 is 60.7 Å². The Kier molecular flexibility index (Phi) is 6.74. The standard InChI is InChI=1S/C46H31N5/c1-3-15-33(16-4-1)49(34-17-5-2-6-18-34)35-19-13-14-32(30-35)41-28-29-47-46(48-41)51-44-25-12-9-22-39(44)40-31-36(26-27-45(40)51)50-42-23-10-7-20-37(42)38-21-8-11-24-43(38)50/h1-31H. The fourth-order valence-corrected chi connectivity index (χ4v) is 7.54. The SMILES string of the molecule is c1ccc(N(c2ccccc2)c2cccc(-c3ccnc(-n4c5ccccc5c5cc(-n6c7ccccc7c7ccccc76)ccc54)n3)c2)cc1. The number of benzene rings is 7. The van der Waals surface area contributed by atoms with E-state index >= 15 is 0 Å². The summed E-state index contributed by atoms with van der Waals surface area (Å²) in [7, 11) is 0. The molecule has 3 aromatic heterocycles. The zero-order valence-electron chi connectivity index (χ0n) is 27.6. The highest BCUT2D eigenvalue weighted by Gasteiger charge is 2.18. The summed E-state index contributed by atoms with van der Waals surface area (Å²) >= 11 is 0. The molecule has 0 fully saturated rings. The second kappa shape index (κ2) is 11.9. The van der Waals surface area contributed by atoms with Gasteiger partial charge in [0.25, 0.3) is 0 Å². The van der Waals surface area contributed by atoms with Crippen molar-refractivity contribution in [1.29, 1.82) is 0 Å². The second-order valence-electron chi connectivity index (χ2n) is 12.7. The lowest BCUT2D eigenvalue weighted by Crippen LogP contribution is -2.09. The molecule has 5 heteroatoms. The summed E-state index contributed by atoms with van der Waals surface area (Å²) in [5.41, 5.74) is 10.7. The third kappa shape index (κ3) is 4.78. The molecule has 0 saturated carbocycles. The number of hydrogen-bond acceptors (Lipinski definition) is 3. The van der Waals surface area contributed by atoms with Crippen molar-refractivity contribution in [2.45, 2.75) is 0 Å². The fraction of sp³-hybridized carbons (Fsp3) is 0. The van der Waals surface area contributed by atoms with E-state index in [2.05, 4.69) is 178 Å². The van der Waals surface area contributed by atoms with E-state index in [0.29, 0.717) is 5.95 Å². The Morgan fingerprint density at radius 3 is 1.57 bits per heavy atom. The van der Waals surface area contributed by atoms with Gasteiger partial charge in [-0.1, -0.05) is 103 Å². The van der Waals surface area contributed by atoms with Gasteiger partial charge in [-0.2, -0.15) is 0 Å². The van der Waals surface area contributed by atoms with Gasteiger partial charge in [-0.3, -0.25) is 4.57 Å². The average molecular weight is 654 g/mol. The van der Waals surface area contributed by atoms with Crippen LogP contribution in [-0.4, -0.2) is 19.1 Å². The summed E-state index contributed by atoms with van der Waals surface area (Å²) in [6.45, 7) is 0. The second-order valence-corrected chi connectivity index (χ2v) is 12.7. The molecule has 5 nitrogen and oxygen atoms in total. The van der Waals surface area contributed by atoms with Gasteiger partial charge in [-0.05, 0) is 78.9 Å². The van der Waals surface area contributed by atoms with Crippen LogP contribution in [0.4, 0.5) is 17.1 Å². The smallest absolute Gasteiger partial charge is 0.235 e. The number of fused-ring (bicyclic) bond motifs is 6. The zero-order chi connectivity index (χ0) is 33.7. The molecule has 0 bridgehead atoms. The van der Waals surface area contributed by atoms with Gasteiger partial charge in [0, 0.05) is 56.1 Å². The molecular weight excluding hydrogens is 623 g/mol. The van der Waals surface area contributed by atoms with Crippen LogP contribution in [-0.2, 0) is 0 Å². The van der Waals surface area contributed by atoms with Gasteiger partial charge in [0.15, 0.2) is 0 Å². The lowest BCUT2D eigenvalue weighted by Gasteiger charge is -2.25. The first kappa shape index (κ1) is 29.0. The molecule has 0 aliphatic carbocycles. The third-order valence-electron chi connectivity index (χ3n) is 9.77. The summed E-state index contributed by atoms with van der Waals surface area (Å²) in [5, 5.41) is 4.82. The van der Waals surface area contributed by atoms with Crippen molar-refractivity contribution in [2.75, 3.05) is 4.90 Å². The number of aromatic nitrogens is 4. The molecule has 0 saturated heterocycles. The molecule has 10 aromatic rings. The Bertz CT molecular complexity index is 2780. The molecule has 51 heavy (non-hydrogen) atoms. The molecule has 0 amide bonds. The van der Waals surface area contributed by atoms with E-state index in [1.165, 1.54) is 21.8 Å². The number of hydrogen-bond donors (Lipinski definition) is 0. The molecule has 0 spiro atoms. The number of rotatable bonds is 6. The van der Waals surface area contributed by atoms with E-state index in [4.69, 9.17) is 9.97 Å². The van der Waals surface area contributed by atoms with Crippen LogP contribution in [0.1, 0.15) is 0 Å². The molecular formula is C46H31N5. The molecule has 0 atom stereocenters. The van der Waals surface area contributed by atoms with Crippen LogP contribution in [0.2, 0.25) is 0 Å². The maximum Gasteiger partial charge on any atom is 0.235 e. The van der Waals surface area contributed by atoms with E-state index in [-0.39, 0.29) is 0 Å². The Morgan fingerprint density at radius 1 is 0.392 bits per heavy atom. The summed E-state index contributed by atoms with van der Waals surface area (Å²) in [5.74, 6) is 0.636. The highest BCUT2D eigenvalue weighted by atomic mass is 15.2. The van der Waals surface area contributed by atoms with Crippen LogP contribution in [0, 0.1) is 0 Å². The van der Waals surface area contributed by atoms with Crippen LogP contribution in [0.5, 0.6) is 0 Å². The van der Waals surface area contributed by atoms with Crippen molar-refractivity contribution in [3.63, 3.8) is 0 Å². The van der Waals surface area contributed by atoms with Gasteiger partial charge >= 0.3 is 0 Å². The van der Waals surface area contributed by atoms with Crippen LogP contribution in [0.3, 0.4) is 0 Å². The quantitative estimate of drug-likeness (QED) is 0.179. The minimum absolute atomic E-state index is 0.636. The fourth-order valence-electron chi connectivity index (χ4n) is 7.54. The molecule has 0 unspecified atom stereocenters. The van der Waals surface area contributed by atoms with Gasteiger partial charge in [-0.25, -0.2) is 9.97 Å². The lowest BCUT2D eigenvalue weighted by molar-refractivity contribution is 0.991. The van der Waals surface area contributed by atoms with Gasteiger partial charge in [0.2, 0.25) is 5.95 Å². The Balaban J connectivity index is 1.11. The third-order valence-corrected chi connectivity index (χ3v) is 9.77. The van der Waals surface area contributed by atoms with E-state index in [9.17, 15) is 0 Å². The van der Waals surface area contributed by atoms with Gasteiger partial charge < -0.3 is 9.47 Å². The molecule has 0 N–H and O–H groups in total. The minimum atomic E-state index is 0.636. The molecule has 0 aliphatic heterocycles. The van der Waals surface area contributed by atoms with Crippen LogP contribution >= 0.6 is 0 Å². The molecule has 0 aliphatic rings. The Morgan fingerprint density at radius 2 is 0.922 bits per heavy atom. The van der Waals surface area contributed by atoms with E-state index in [1.54, 1.807) is 0 Å². The molecule has 10 rings (SSSR count). The summed E-state index contributed by atoms with van der Waals surface area (Å²) in [4.78, 5) is 12.3. The first-order valence-corrected chi connectivity index (χ1v) is 17.2. The highest BCUT2D eigenvalue weighted by Crippen LogP contribution is 2.38. The number of nitrogens with zero attached hydrogens (tertiary/aromatic N) is 5. The maximum absolute atomic E-state index is 5.21. The van der Waals surface area contributed by atoms with Gasteiger partial charge in [0.05, 0.1) is 27.8 Å². The first-order valence-electron chi connectivity index (χ1n) is 17.2. The van der Waals surface area contributed by atoms with Gasteiger partial charge in [-0.15, -0.1) is 0 Å². The van der Waals surface area contributed by atoms with E-state index in [0.717, 1.165) is 55.8 Å². The Labute approximate surface area is 294 Å². The van der Waals surface area contributed by atoms with Crippen molar-refractivity contribution in [1.82, 2.24) is 19.1 Å². The first-order chi connectivity index (χ1) is 25.3. The highest BCUT2D eigenvalue weighted by molar-refractivity contribution is 6.12. The topological polar surface area (TPSA) is 38.9 Å². The van der Waals surface area contributed by atoms with Crippen molar-refractivity contribution in [2.24, 2.45) is 0 Å². The normalized spacial score (nSPS) is 11.5. The van der Waals surface area contributed by atoms with Crippen molar-refractivity contribution in [3.8, 4) is 22.9 Å². The predicted molar refractivity (Wildman–Crippen MR) is 211 cm³/mol. The average Bonchev–Trinajstić information content (AvgIpc) is 3.72. The summed E-state index contributed by atoms with van der Waals surface area (Å²) in [6.07, 6.45) is 1.86. The molecule has 3 heterocycles. The summed E-state index contributed by atoms with van der Waals surface area (Å²) < 4.78 is 4.56. The van der Waals surface area contributed by atoms with Crippen LogP contribution in [0.15, 0.2) is 188 Å². The van der Waals surface area contributed by atoms with E-state index < -0.39 is 0 Å². The largest absolute Gasteiger partial charge is 0.310 e. The van der Waals surface area contributed by atoms with Crippen LogP contribution < -0.4 is 4.90 Å². The predicted octanol–water partition coefficient (Wildman–Crippen LogP) is 11.8. The molecule has 7 aromatic carbocycles. The van der Waals surface area contributed by atoms with Gasteiger partial charge in [0.1, 0.15) is 0 Å². The molecule has 240 valence electrons. The summed E-state index contributed by atoms with van der Waals surface area (Å²) in [6, 6.07) is 64.0. The van der Waals surface area contributed by atoms with Crippen LogP contribution in [0.25, 0.3) is 66.5 Å². The Hall–Kier alpha value is -6.98. The lowest BCUT2D eigenvalue weighted by atomic mass is 10.1. The number of anilines is 3. The van der Waals surface area contributed by atoms with E-state index in [1.807, 2.05) is 24.4 Å². The van der Waals surface area contributed by atoms with Crippen molar-refractivity contribution in [3.05, 3.63) is 188 Å². The maximum atomic E-state index is 5.21. The minimum Gasteiger partial charge on any atom is -0.310 e. The monoisotopic (exact) mass is 653 g/mol.